The average Bonchev–Trinajstić information content (AvgIpc) is 3.19. The van der Waals surface area contributed by atoms with Crippen molar-refractivity contribution in [2.75, 3.05) is 20.2 Å². The van der Waals surface area contributed by atoms with Gasteiger partial charge >= 0.3 is 0 Å². The summed E-state index contributed by atoms with van der Waals surface area (Å²) >= 11 is 0. The van der Waals surface area contributed by atoms with Crippen LogP contribution in [-0.4, -0.2) is 50.8 Å². The van der Waals surface area contributed by atoms with E-state index in [4.69, 9.17) is 9.72 Å². The molecular weight excluding hydrogens is 354 g/mol. The second kappa shape index (κ2) is 7.80. The molecule has 28 heavy (non-hydrogen) atoms. The first-order valence-corrected chi connectivity index (χ1v) is 9.38. The van der Waals surface area contributed by atoms with Gasteiger partial charge in [-0.25, -0.2) is 4.98 Å². The van der Waals surface area contributed by atoms with Gasteiger partial charge in [0.15, 0.2) is 0 Å². The van der Waals surface area contributed by atoms with Gasteiger partial charge in [-0.2, -0.15) is 5.10 Å². The Hall–Kier alpha value is -3.22. The number of aromatic nitrogens is 4. The molecule has 0 saturated carbocycles. The highest BCUT2D eigenvalue weighted by Gasteiger charge is 2.27. The number of benzene rings is 1. The number of nitrogens with zero attached hydrogens (tertiary/aromatic N) is 5. The molecule has 1 atom stereocenters. The molecule has 1 aliphatic heterocycles. The van der Waals surface area contributed by atoms with Crippen LogP contribution in [0.1, 0.15) is 34.8 Å². The van der Waals surface area contributed by atoms with E-state index in [2.05, 4.69) is 10.1 Å². The second-order valence-corrected chi connectivity index (χ2v) is 7.05. The van der Waals surface area contributed by atoms with Gasteiger partial charge in [0, 0.05) is 44.0 Å². The van der Waals surface area contributed by atoms with Crippen molar-refractivity contribution in [2.24, 2.45) is 7.05 Å². The van der Waals surface area contributed by atoms with Crippen molar-refractivity contribution in [1.82, 2.24) is 24.6 Å². The molecule has 4 rings (SSSR count). The monoisotopic (exact) mass is 377 g/mol. The van der Waals surface area contributed by atoms with Gasteiger partial charge in [-0.15, -0.1) is 0 Å². The fourth-order valence-electron chi connectivity index (χ4n) is 3.62. The normalized spacial score (nSPS) is 16.8. The number of ether oxygens (including phenoxy) is 1. The average molecular weight is 377 g/mol. The van der Waals surface area contributed by atoms with Crippen LogP contribution in [0.15, 0.2) is 49.1 Å². The Morgan fingerprint density at radius 1 is 1.25 bits per heavy atom. The fourth-order valence-corrected chi connectivity index (χ4v) is 3.62. The maximum absolute atomic E-state index is 12.8. The van der Waals surface area contributed by atoms with Gasteiger partial charge in [0.05, 0.1) is 36.5 Å². The molecule has 0 radical (unpaired) electrons. The molecule has 2 aromatic heterocycles. The first-order valence-electron chi connectivity index (χ1n) is 9.38. The summed E-state index contributed by atoms with van der Waals surface area (Å²) in [6.07, 6.45) is 8.89. The number of hydrogen-bond acceptors (Lipinski definition) is 5. The Morgan fingerprint density at radius 3 is 2.93 bits per heavy atom. The third kappa shape index (κ3) is 3.74. The molecular formula is C21H23N5O2. The third-order valence-corrected chi connectivity index (χ3v) is 5.10. The highest BCUT2D eigenvalue weighted by molar-refractivity contribution is 5.93. The molecule has 1 aromatic carbocycles. The number of rotatable bonds is 4. The number of methoxy groups -OCH3 is 1. The summed E-state index contributed by atoms with van der Waals surface area (Å²) < 4.78 is 6.96. The molecule has 1 amide bonds. The van der Waals surface area contributed by atoms with E-state index in [1.807, 2.05) is 42.4 Å². The lowest BCUT2D eigenvalue weighted by Gasteiger charge is -2.32. The Bertz CT molecular complexity index is 984. The van der Waals surface area contributed by atoms with Gasteiger partial charge < -0.3 is 9.64 Å². The van der Waals surface area contributed by atoms with Crippen LogP contribution in [0.2, 0.25) is 0 Å². The number of aryl methyl sites for hydroxylation is 1. The molecule has 1 saturated heterocycles. The molecule has 3 aromatic rings. The van der Waals surface area contributed by atoms with E-state index in [9.17, 15) is 4.79 Å². The maximum Gasteiger partial charge on any atom is 0.257 e. The smallest absolute Gasteiger partial charge is 0.257 e. The molecule has 0 spiro atoms. The summed E-state index contributed by atoms with van der Waals surface area (Å²) in [4.78, 5) is 23.9. The van der Waals surface area contributed by atoms with Gasteiger partial charge in [-0.1, -0.05) is 12.1 Å². The second-order valence-electron chi connectivity index (χ2n) is 7.05. The SMILES string of the molecule is COc1cccc(-c2cncc([C@@H]3CCCN(C(=O)c4cnn(C)c4)C3)n2)c1. The van der Waals surface area contributed by atoms with E-state index in [1.54, 1.807) is 30.4 Å². The predicted octanol–water partition coefficient (Wildman–Crippen LogP) is 2.91. The Balaban J connectivity index is 1.54. The highest BCUT2D eigenvalue weighted by atomic mass is 16.5. The lowest BCUT2D eigenvalue weighted by molar-refractivity contribution is 0.0705. The largest absolute Gasteiger partial charge is 0.497 e. The molecule has 0 unspecified atom stereocenters. The van der Waals surface area contributed by atoms with Crippen molar-refractivity contribution < 1.29 is 9.53 Å². The summed E-state index contributed by atoms with van der Waals surface area (Å²) in [6.45, 7) is 1.40. The molecule has 1 aliphatic rings. The summed E-state index contributed by atoms with van der Waals surface area (Å²) in [5.41, 5.74) is 3.32. The fraction of sp³-hybridized carbons (Fsp3) is 0.333. The van der Waals surface area contributed by atoms with Gasteiger partial charge in [-0.3, -0.25) is 14.5 Å². The van der Waals surface area contributed by atoms with E-state index >= 15 is 0 Å². The van der Waals surface area contributed by atoms with Crippen molar-refractivity contribution in [3.8, 4) is 17.0 Å². The van der Waals surface area contributed by atoms with Crippen LogP contribution in [0.4, 0.5) is 0 Å². The van der Waals surface area contributed by atoms with Crippen LogP contribution >= 0.6 is 0 Å². The van der Waals surface area contributed by atoms with E-state index in [0.29, 0.717) is 12.1 Å². The van der Waals surface area contributed by atoms with Crippen LogP contribution in [0, 0.1) is 0 Å². The van der Waals surface area contributed by atoms with Crippen molar-refractivity contribution in [2.45, 2.75) is 18.8 Å². The predicted molar refractivity (Wildman–Crippen MR) is 105 cm³/mol. The summed E-state index contributed by atoms with van der Waals surface area (Å²) in [5.74, 6) is 0.984. The molecule has 1 fully saturated rings. The van der Waals surface area contributed by atoms with Crippen LogP contribution in [0.3, 0.4) is 0 Å². The number of carbonyl (C=O) groups is 1. The Morgan fingerprint density at radius 2 is 2.14 bits per heavy atom. The van der Waals surface area contributed by atoms with E-state index in [1.165, 1.54) is 0 Å². The number of piperidine rings is 1. The van der Waals surface area contributed by atoms with Gasteiger partial charge in [-0.05, 0) is 25.0 Å². The van der Waals surface area contributed by atoms with Crippen LogP contribution < -0.4 is 4.74 Å². The minimum absolute atomic E-state index is 0.0229. The van der Waals surface area contributed by atoms with Crippen molar-refractivity contribution in [3.05, 3.63) is 60.3 Å². The molecule has 7 nitrogen and oxygen atoms in total. The lowest BCUT2D eigenvalue weighted by Crippen LogP contribution is -2.39. The molecule has 144 valence electrons. The molecule has 3 heterocycles. The van der Waals surface area contributed by atoms with Gasteiger partial charge in [0.1, 0.15) is 5.75 Å². The van der Waals surface area contributed by atoms with Crippen LogP contribution in [-0.2, 0) is 7.05 Å². The van der Waals surface area contributed by atoms with Crippen molar-refractivity contribution >= 4 is 5.91 Å². The Labute approximate surface area is 164 Å². The summed E-state index contributed by atoms with van der Waals surface area (Å²) in [7, 11) is 3.46. The van der Waals surface area contributed by atoms with E-state index in [0.717, 1.165) is 42.1 Å². The first-order chi connectivity index (χ1) is 13.6. The minimum atomic E-state index is 0.0229. The number of likely N-dealkylation sites (tertiary alicyclic amines) is 1. The quantitative estimate of drug-likeness (QED) is 0.699. The molecule has 0 N–H and O–H groups in total. The standard InChI is InChI=1S/C21H23N5O2/c1-25-13-17(10-23-25)21(27)26-8-4-6-16(14-26)20-12-22-11-19(24-20)15-5-3-7-18(9-15)28-2/h3,5,7,9-13,16H,4,6,8,14H2,1-2H3/t16-/m1/s1. The van der Waals surface area contributed by atoms with Crippen molar-refractivity contribution in [1.29, 1.82) is 0 Å². The highest BCUT2D eigenvalue weighted by Crippen LogP contribution is 2.28. The molecule has 0 bridgehead atoms. The first kappa shape index (κ1) is 18.2. The van der Waals surface area contributed by atoms with Crippen LogP contribution in [0.5, 0.6) is 5.75 Å². The number of carbonyl (C=O) groups excluding carboxylic acids is 1. The number of amides is 1. The topological polar surface area (TPSA) is 73.1 Å². The zero-order chi connectivity index (χ0) is 19.5. The third-order valence-electron chi connectivity index (χ3n) is 5.10. The summed E-state index contributed by atoms with van der Waals surface area (Å²) in [6, 6.07) is 7.80. The van der Waals surface area contributed by atoms with Crippen LogP contribution in [0.25, 0.3) is 11.3 Å². The van der Waals surface area contributed by atoms with Gasteiger partial charge in [0.2, 0.25) is 0 Å². The number of hydrogen-bond donors (Lipinski definition) is 0. The zero-order valence-electron chi connectivity index (χ0n) is 16.1. The van der Waals surface area contributed by atoms with Gasteiger partial charge in [0.25, 0.3) is 5.91 Å². The van der Waals surface area contributed by atoms with E-state index < -0.39 is 0 Å². The minimum Gasteiger partial charge on any atom is -0.497 e. The van der Waals surface area contributed by atoms with E-state index in [-0.39, 0.29) is 11.8 Å². The van der Waals surface area contributed by atoms with Crippen molar-refractivity contribution in [3.63, 3.8) is 0 Å². The summed E-state index contributed by atoms with van der Waals surface area (Å²) in [5, 5.41) is 4.11. The molecule has 7 heteroatoms. The lowest BCUT2D eigenvalue weighted by atomic mass is 9.94. The zero-order valence-corrected chi connectivity index (χ0v) is 16.1. The maximum atomic E-state index is 12.8. The Kier molecular flexibility index (Phi) is 5.06. The molecule has 0 aliphatic carbocycles.